The predicted molar refractivity (Wildman–Crippen MR) is 115 cm³/mol. The summed E-state index contributed by atoms with van der Waals surface area (Å²) in [5, 5.41) is 5.92. The lowest BCUT2D eigenvalue weighted by Crippen LogP contribution is -2.32. The van der Waals surface area contributed by atoms with Crippen molar-refractivity contribution in [2.75, 3.05) is 0 Å². The second-order valence-corrected chi connectivity index (χ2v) is 7.17. The van der Waals surface area contributed by atoms with E-state index in [0.29, 0.717) is 24.3 Å². The van der Waals surface area contributed by atoms with Crippen LogP contribution in [0.1, 0.15) is 52.2 Å². The average Bonchev–Trinajstić information content (AvgIpc) is 3.21. The van der Waals surface area contributed by atoms with Crippen molar-refractivity contribution in [2.24, 2.45) is 0 Å². The van der Waals surface area contributed by atoms with Crippen LogP contribution in [-0.2, 0) is 13.1 Å². The second kappa shape index (κ2) is 9.73. The number of hydrogen-bond donors (Lipinski definition) is 2. The zero-order valence-electron chi connectivity index (χ0n) is 16.9. The van der Waals surface area contributed by atoms with Gasteiger partial charge < -0.3 is 15.2 Å². The SMILES string of the molecule is CCC(C)NC(=O)c1cccc(CNC(=O)c2cccn2Cc2ccccc2)c1. The van der Waals surface area contributed by atoms with Gasteiger partial charge in [-0.15, -0.1) is 0 Å². The van der Waals surface area contributed by atoms with E-state index < -0.39 is 0 Å². The molecule has 3 rings (SSSR count). The van der Waals surface area contributed by atoms with Crippen LogP contribution in [0, 0.1) is 0 Å². The summed E-state index contributed by atoms with van der Waals surface area (Å²) in [6.45, 7) is 5.01. The number of benzene rings is 2. The fourth-order valence-corrected chi connectivity index (χ4v) is 3.04. The molecule has 0 saturated heterocycles. The van der Waals surface area contributed by atoms with Crippen LogP contribution in [0.5, 0.6) is 0 Å². The first-order valence-corrected chi connectivity index (χ1v) is 9.94. The minimum atomic E-state index is -0.139. The summed E-state index contributed by atoms with van der Waals surface area (Å²) >= 11 is 0. The van der Waals surface area contributed by atoms with Crippen molar-refractivity contribution in [2.45, 2.75) is 39.4 Å². The molecule has 0 aliphatic heterocycles. The molecule has 3 aromatic rings. The van der Waals surface area contributed by atoms with Crippen molar-refractivity contribution in [1.29, 1.82) is 0 Å². The number of amides is 2. The maximum absolute atomic E-state index is 12.7. The molecule has 0 radical (unpaired) electrons. The Morgan fingerprint density at radius 1 is 0.931 bits per heavy atom. The highest BCUT2D eigenvalue weighted by Crippen LogP contribution is 2.10. The van der Waals surface area contributed by atoms with Gasteiger partial charge in [-0.1, -0.05) is 49.4 Å². The van der Waals surface area contributed by atoms with E-state index in [9.17, 15) is 9.59 Å². The Hall–Kier alpha value is -3.34. The van der Waals surface area contributed by atoms with Crippen LogP contribution < -0.4 is 10.6 Å². The summed E-state index contributed by atoms with van der Waals surface area (Å²) in [6, 6.07) is 21.2. The Labute approximate surface area is 171 Å². The van der Waals surface area contributed by atoms with Crippen LogP contribution in [0.3, 0.4) is 0 Å². The van der Waals surface area contributed by atoms with Crippen LogP contribution in [0.25, 0.3) is 0 Å². The Bertz CT molecular complexity index is 963. The molecule has 2 N–H and O–H groups in total. The van der Waals surface area contributed by atoms with Gasteiger partial charge in [-0.2, -0.15) is 0 Å². The highest BCUT2D eigenvalue weighted by molar-refractivity contribution is 5.95. The van der Waals surface area contributed by atoms with Gasteiger partial charge >= 0.3 is 0 Å². The molecular formula is C24H27N3O2. The van der Waals surface area contributed by atoms with Gasteiger partial charge in [-0.05, 0) is 48.7 Å². The minimum Gasteiger partial charge on any atom is -0.350 e. The molecular weight excluding hydrogens is 362 g/mol. The number of carbonyl (C=O) groups excluding carboxylic acids is 2. The predicted octanol–water partition coefficient (Wildman–Crippen LogP) is 3.99. The first-order chi connectivity index (χ1) is 14.1. The summed E-state index contributed by atoms with van der Waals surface area (Å²) < 4.78 is 1.93. The standard InChI is InChI=1S/C24H27N3O2/c1-3-18(2)26-23(28)21-12-7-11-20(15-21)16-25-24(29)22-13-8-14-27(22)17-19-9-5-4-6-10-19/h4-15,18H,3,16-17H2,1-2H3,(H,25,29)(H,26,28). The summed E-state index contributed by atoms with van der Waals surface area (Å²) in [6.07, 6.45) is 2.78. The molecule has 0 aliphatic carbocycles. The van der Waals surface area contributed by atoms with Gasteiger partial charge in [0.1, 0.15) is 5.69 Å². The number of carbonyl (C=O) groups is 2. The van der Waals surface area contributed by atoms with Crippen molar-refractivity contribution < 1.29 is 9.59 Å². The van der Waals surface area contributed by atoms with Crippen molar-refractivity contribution >= 4 is 11.8 Å². The molecule has 1 aromatic heterocycles. The Morgan fingerprint density at radius 2 is 1.69 bits per heavy atom. The first kappa shape index (κ1) is 20.4. The van der Waals surface area contributed by atoms with Gasteiger partial charge in [0.2, 0.25) is 0 Å². The lowest BCUT2D eigenvalue weighted by molar-refractivity contribution is 0.0934. The van der Waals surface area contributed by atoms with Crippen molar-refractivity contribution in [3.05, 3.63) is 95.3 Å². The smallest absolute Gasteiger partial charge is 0.268 e. The number of nitrogens with zero attached hydrogens (tertiary/aromatic N) is 1. The second-order valence-electron chi connectivity index (χ2n) is 7.17. The third-order valence-electron chi connectivity index (χ3n) is 4.89. The number of aromatic nitrogens is 1. The average molecular weight is 389 g/mol. The van der Waals surface area contributed by atoms with Gasteiger partial charge in [0, 0.05) is 30.9 Å². The van der Waals surface area contributed by atoms with E-state index in [1.54, 1.807) is 6.07 Å². The van der Waals surface area contributed by atoms with Crippen molar-refractivity contribution in [3.8, 4) is 0 Å². The lowest BCUT2D eigenvalue weighted by Gasteiger charge is -2.13. The third-order valence-corrected chi connectivity index (χ3v) is 4.89. The molecule has 0 spiro atoms. The Morgan fingerprint density at radius 3 is 2.45 bits per heavy atom. The molecule has 5 nitrogen and oxygen atoms in total. The third kappa shape index (κ3) is 5.57. The number of rotatable bonds is 8. The zero-order chi connectivity index (χ0) is 20.6. The maximum Gasteiger partial charge on any atom is 0.268 e. The molecule has 0 fully saturated rings. The summed E-state index contributed by atoms with van der Waals surface area (Å²) in [5.41, 5.74) is 3.23. The Balaban J connectivity index is 1.62. The van der Waals surface area contributed by atoms with E-state index in [2.05, 4.69) is 10.6 Å². The van der Waals surface area contributed by atoms with Crippen molar-refractivity contribution in [1.82, 2.24) is 15.2 Å². The molecule has 29 heavy (non-hydrogen) atoms. The van der Waals surface area contributed by atoms with E-state index in [1.807, 2.05) is 85.3 Å². The lowest BCUT2D eigenvalue weighted by atomic mass is 10.1. The molecule has 1 atom stereocenters. The summed E-state index contributed by atoms with van der Waals surface area (Å²) in [4.78, 5) is 25.0. The monoisotopic (exact) mass is 389 g/mol. The number of nitrogens with one attached hydrogen (secondary N) is 2. The minimum absolute atomic E-state index is 0.0933. The highest BCUT2D eigenvalue weighted by Gasteiger charge is 2.12. The quantitative estimate of drug-likeness (QED) is 0.612. The summed E-state index contributed by atoms with van der Waals surface area (Å²) in [5.74, 6) is -0.232. The molecule has 0 aliphatic rings. The van der Waals surface area contributed by atoms with Crippen molar-refractivity contribution in [3.63, 3.8) is 0 Å². The van der Waals surface area contributed by atoms with Crippen LogP contribution >= 0.6 is 0 Å². The first-order valence-electron chi connectivity index (χ1n) is 9.94. The van der Waals surface area contributed by atoms with Crippen LogP contribution in [-0.4, -0.2) is 22.4 Å². The Kier molecular flexibility index (Phi) is 6.85. The fourth-order valence-electron chi connectivity index (χ4n) is 3.04. The van der Waals surface area contributed by atoms with E-state index in [4.69, 9.17) is 0 Å². The summed E-state index contributed by atoms with van der Waals surface area (Å²) in [7, 11) is 0. The largest absolute Gasteiger partial charge is 0.350 e. The van der Waals surface area contributed by atoms with Crippen LogP contribution in [0.2, 0.25) is 0 Å². The maximum atomic E-state index is 12.7. The van der Waals surface area contributed by atoms with E-state index in [-0.39, 0.29) is 17.9 Å². The molecule has 5 heteroatoms. The van der Waals surface area contributed by atoms with Gasteiger partial charge in [-0.3, -0.25) is 9.59 Å². The van der Waals surface area contributed by atoms with Gasteiger partial charge in [0.05, 0.1) is 0 Å². The molecule has 0 saturated carbocycles. The highest BCUT2D eigenvalue weighted by atomic mass is 16.2. The number of hydrogen-bond acceptors (Lipinski definition) is 2. The molecule has 2 amide bonds. The fraction of sp³-hybridized carbons (Fsp3) is 0.250. The van der Waals surface area contributed by atoms with Crippen LogP contribution in [0.15, 0.2) is 72.9 Å². The van der Waals surface area contributed by atoms with Crippen LogP contribution in [0.4, 0.5) is 0 Å². The zero-order valence-corrected chi connectivity index (χ0v) is 16.9. The van der Waals surface area contributed by atoms with E-state index in [0.717, 1.165) is 17.5 Å². The van der Waals surface area contributed by atoms with Gasteiger partial charge in [-0.25, -0.2) is 0 Å². The molecule has 0 bridgehead atoms. The molecule has 1 heterocycles. The molecule has 150 valence electrons. The molecule has 1 unspecified atom stereocenters. The normalized spacial score (nSPS) is 11.7. The topological polar surface area (TPSA) is 63.1 Å². The molecule has 2 aromatic carbocycles. The van der Waals surface area contributed by atoms with Gasteiger partial charge in [0.15, 0.2) is 0 Å². The van der Waals surface area contributed by atoms with E-state index in [1.165, 1.54) is 0 Å². The van der Waals surface area contributed by atoms with Gasteiger partial charge in [0.25, 0.3) is 11.8 Å². The van der Waals surface area contributed by atoms with E-state index >= 15 is 0 Å².